The lowest BCUT2D eigenvalue weighted by Crippen LogP contribution is -2.19. The molecular formula is C15H15Cl2O6PS. The molecule has 0 fully saturated rings. The first-order valence-corrected chi connectivity index (χ1v) is 10.2. The quantitative estimate of drug-likeness (QED) is 0.430. The number of carbonyl (C=O) groups is 1. The summed E-state index contributed by atoms with van der Waals surface area (Å²) in [6.45, 7) is -0.449. The molecule has 1 atom stereocenters. The van der Waals surface area contributed by atoms with Crippen LogP contribution >= 0.6 is 42.1 Å². The molecule has 0 bridgehead atoms. The van der Waals surface area contributed by atoms with E-state index >= 15 is 0 Å². The lowest BCUT2D eigenvalue weighted by molar-refractivity contribution is -0.148. The van der Waals surface area contributed by atoms with Gasteiger partial charge in [0.05, 0.1) is 9.90 Å². The van der Waals surface area contributed by atoms with Crippen LogP contribution < -0.4 is 4.74 Å². The molecule has 1 unspecified atom stereocenters. The van der Waals surface area contributed by atoms with Crippen LogP contribution in [0.5, 0.6) is 5.75 Å². The van der Waals surface area contributed by atoms with Gasteiger partial charge in [-0.1, -0.05) is 35.3 Å². The van der Waals surface area contributed by atoms with E-state index in [1.807, 2.05) is 0 Å². The molecule has 1 aromatic carbocycles. The number of halogens is 2. The Kier molecular flexibility index (Phi) is 7.31. The highest BCUT2D eigenvalue weighted by Gasteiger charge is 2.39. The minimum Gasteiger partial charge on any atom is -0.480 e. The van der Waals surface area contributed by atoms with Crippen LogP contribution in [0.15, 0.2) is 35.7 Å². The first-order valence-electron chi connectivity index (χ1n) is 6.92. The van der Waals surface area contributed by atoms with Crippen molar-refractivity contribution in [1.82, 2.24) is 0 Å². The second-order valence-electron chi connectivity index (χ2n) is 4.60. The number of hydrogen-bond acceptors (Lipinski definition) is 7. The molecule has 0 radical (unpaired) electrons. The van der Waals surface area contributed by atoms with Gasteiger partial charge in [-0.2, -0.15) is 0 Å². The maximum Gasteiger partial charge on any atom is 0.375 e. The van der Waals surface area contributed by atoms with Crippen LogP contribution in [0.1, 0.15) is 10.7 Å². The van der Waals surface area contributed by atoms with E-state index in [0.717, 1.165) is 0 Å². The Morgan fingerprint density at radius 1 is 1.20 bits per heavy atom. The molecule has 0 spiro atoms. The summed E-state index contributed by atoms with van der Waals surface area (Å²) < 4.78 is 33.2. The highest BCUT2D eigenvalue weighted by atomic mass is 35.5. The molecular weight excluding hydrogens is 410 g/mol. The van der Waals surface area contributed by atoms with Crippen LogP contribution in [0.25, 0.3) is 0 Å². The van der Waals surface area contributed by atoms with Gasteiger partial charge in [-0.25, -0.2) is 4.79 Å². The van der Waals surface area contributed by atoms with Crippen molar-refractivity contribution in [1.29, 1.82) is 0 Å². The van der Waals surface area contributed by atoms with Gasteiger partial charge in [0.1, 0.15) is 10.8 Å². The van der Waals surface area contributed by atoms with Crippen molar-refractivity contribution in [3.8, 4) is 5.75 Å². The number of rotatable bonds is 8. The van der Waals surface area contributed by atoms with E-state index in [1.165, 1.54) is 25.6 Å². The third-order valence-corrected chi connectivity index (χ3v) is 6.96. The minimum atomic E-state index is -3.68. The Bertz CT molecular complexity index is 759. The predicted octanol–water partition coefficient (Wildman–Crippen LogP) is 5.16. The highest BCUT2D eigenvalue weighted by Crippen LogP contribution is 2.61. The fourth-order valence-electron chi connectivity index (χ4n) is 1.87. The topological polar surface area (TPSA) is 71.1 Å². The first-order chi connectivity index (χ1) is 11.9. The molecule has 25 heavy (non-hydrogen) atoms. The normalized spacial score (nSPS) is 12.6. The standard InChI is InChI=1S/C15H15Cl2O6PS/c1-20-24(19,21-2)15(12-7-4-8-25-12)23-13(18)9-22-11-6-3-5-10(16)14(11)17/h3-8,15H,9H2,1-2H3. The number of benzene rings is 1. The Labute approximate surface area is 159 Å². The molecule has 10 heteroatoms. The molecule has 0 aliphatic carbocycles. The van der Waals surface area contributed by atoms with Crippen molar-refractivity contribution in [2.45, 2.75) is 5.85 Å². The van der Waals surface area contributed by atoms with Gasteiger partial charge in [-0.15, -0.1) is 11.3 Å². The third kappa shape index (κ3) is 4.97. The summed E-state index contributed by atoms with van der Waals surface area (Å²) >= 11 is 13.1. The number of hydrogen-bond donors (Lipinski definition) is 0. The average molecular weight is 425 g/mol. The summed E-state index contributed by atoms with van der Waals surface area (Å²) in [4.78, 5) is 12.7. The lowest BCUT2D eigenvalue weighted by Gasteiger charge is -2.23. The van der Waals surface area contributed by atoms with E-state index < -0.39 is 26.0 Å². The fraction of sp³-hybridized carbons (Fsp3) is 0.267. The smallest absolute Gasteiger partial charge is 0.375 e. The minimum absolute atomic E-state index is 0.186. The zero-order valence-electron chi connectivity index (χ0n) is 13.3. The number of esters is 1. The van der Waals surface area contributed by atoms with Crippen LogP contribution in [0.2, 0.25) is 10.0 Å². The maximum atomic E-state index is 12.7. The van der Waals surface area contributed by atoms with E-state index in [2.05, 4.69) is 0 Å². The summed E-state index contributed by atoms with van der Waals surface area (Å²) in [5.41, 5.74) is 0. The second kappa shape index (κ2) is 9.03. The van der Waals surface area contributed by atoms with Crippen molar-refractivity contribution in [2.75, 3.05) is 20.8 Å². The first kappa shape index (κ1) is 20.2. The zero-order chi connectivity index (χ0) is 18.4. The van der Waals surface area contributed by atoms with Crippen LogP contribution in [-0.4, -0.2) is 26.8 Å². The van der Waals surface area contributed by atoms with E-state index in [0.29, 0.717) is 9.90 Å². The van der Waals surface area contributed by atoms with Crippen molar-refractivity contribution in [3.05, 3.63) is 50.6 Å². The van der Waals surface area contributed by atoms with Crippen molar-refractivity contribution in [3.63, 3.8) is 0 Å². The van der Waals surface area contributed by atoms with E-state index in [4.69, 9.17) is 41.7 Å². The van der Waals surface area contributed by atoms with Crippen LogP contribution in [-0.2, 0) is 23.1 Å². The molecule has 1 heterocycles. The Morgan fingerprint density at radius 2 is 1.92 bits per heavy atom. The molecule has 0 saturated heterocycles. The predicted molar refractivity (Wildman–Crippen MR) is 96.7 cm³/mol. The van der Waals surface area contributed by atoms with Gasteiger partial charge in [0.25, 0.3) is 0 Å². The molecule has 2 rings (SSSR count). The van der Waals surface area contributed by atoms with Gasteiger partial charge in [0.2, 0.25) is 5.85 Å². The van der Waals surface area contributed by atoms with Gasteiger partial charge in [0, 0.05) is 14.2 Å². The molecule has 0 aliphatic rings. The largest absolute Gasteiger partial charge is 0.480 e. The molecule has 2 aromatic rings. The number of carbonyl (C=O) groups excluding carboxylic acids is 1. The van der Waals surface area contributed by atoms with Gasteiger partial charge >= 0.3 is 13.6 Å². The fourth-order valence-corrected chi connectivity index (χ4v) is 4.60. The zero-order valence-corrected chi connectivity index (χ0v) is 16.5. The second-order valence-corrected chi connectivity index (χ2v) is 8.65. The van der Waals surface area contributed by atoms with Crippen LogP contribution in [0.4, 0.5) is 0 Å². The van der Waals surface area contributed by atoms with Crippen LogP contribution in [0, 0.1) is 0 Å². The van der Waals surface area contributed by atoms with Crippen LogP contribution in [0.3, 0.4) is 0 Å². The van der Waals surface area contributed by atoms with Crippen molar-refractivity contribution < 1.29 is 27.9 Å². The van der Waals surface area contributed by atoms with E-state index in [9.17, 15) is 9.36 Å². The molecule has 1 aromatic heterocycles. The van der Waals surface area contributed by atoms with E-state index in [1.54, 1.807) is 35.7 Å². The summed E-state index contributed by atoms with van der Waals surface area (Å²) in [5, 5.41) is 2.24. The highest BCUT2D eigenvalue weighted by molar-refractivity contribution is 7.54. The Hall–Kier alpha value is -1.08. The number of thiophene rings is 1. The van der Waals surface area contributed by atoms with Gasteiger partial charge in [-0.05, 0) is 23.6 Å². The molecule has 0 saturated carbocycles. The summed E-state index contributed by atoms with van der Waals surface area (Å²) in [7, 11) is -1.24. The van der Waals surface area contributed by atoms with Gasteiger partial charge in [-0.3, -0.25) is 4.57 Å². The SMILES string of the molecule is COP(=O)(OC)C(OC(=O)COc1cccc(Cl)c1Cl)c1cccs1. The number of ether oxygens (including phenoxy) is 2. The third-order valence-electron chi connectivity index (χ3n) is 3.09. The van der Waals surface area contributed by atoms with Gasteiger partial charge in [0.15, 0.2) is 6.61 Å². The molecule has 0 aliphatic heterocycles. The molecule has 136 valence electrons. The molecule has 0 amide bonds. The monoisotopic (exact) mass is 424 g/mol. The summed E-state index contributed by atoms with van der Waals surface area (Å²) in [6.07, 6.45) is 0. The Balaban J connectivity index is 2.10. The van der Waals surface area contributed by atoms with Crippen molar-refractivity contribution in [2.24, 2.45) is 0 Å². The van der Waals surface area contributed by atoms with Gasteiger partial charge < -0.3 is 18.5 Å². The van der Waals surface area contributed by atoms with E-state index in [-0.39, 0.29) is 10.8 Å². The maximum absolute atomic E-state index is 12.7. The molecule has 0 N–H and O–H groups in total. The Morgan fingerprint density at radius 3 is 2.52 bits per heavy atom. The van der Waals surface area contributed by atoms with Crippen molar-refractivity contribution >= 4 is 48.1 Å². The summed E-state index contributed by atoms with van der Waals surface area (Å²) in [5.74, 6) is -1.71. The average Bonchev–Trinajstić information content (AvgIpc) is 3.14. The summed E-state index contributed by atoms with van der Waals surface area (Å²) in [6, 6.07) is 8.19. The molecule has 6 nitrogen and oxygen atoms in total. The lowest BCUT2D eigenvalue weighted by atomic mass is 10.3.